The molecule has 3 heteroatoms. The Morgan fingerprint density at radius 1 is 1.19 bits per heavy atom. The first-order valence-corrected chi connectivity index (χ1v) is 5.42. The fraction of sp³-hybridized carbons (Fsp3) is 0.308. The van der Waals surface area contributed by atoms with Crippen molar-refractivity contribution in [3.63, 3.8) is 0 Å². The van der Waals surface area contributed by atoms with Crippen LogP contribution >= 0.6 is 0 Å². The number of rotatable bonds is 2. The van der Waals surface area contributed by atoms with E-state index in [4.69, 9.17) is 5.73 Å². The van der Waals surface area contributed by atoms with Gasteiger partial charge in [-0.25, -0.2) is 0 Å². The Kier molecular flexibility index (Phi) is 2.79. The first-order chi connectivity index (χ1) is 7.61. The molecule has 84 valence electrons. The minimum atomic E-state index is 0.485. The number of aryl methyl sites for hydroxylation is 3. The van der Waals surface area contributed by atoms with E-state index in [0.717, 1.165) is 11.4 Å². The standard InChI is InChI=1S/C13H17N3/c1-9-4-5-11(6-10(9)2)13-7-12(8-14)15-16(13)3/h4-7H,8,14H2,1-3H3. The molecule has 0 aliphatic carbocycles. The zero-order valence-electron chi connectivity index (χ0n) is 9.99. The molecule has 1 aromatic carbocycles. The summed E-state index contributed by atoms with van der Waals surface area (Å²) in [7, 11) is 1.95. The van der Waals surface area contributed by atoms with E-state index in [9.17, 15) is 0 Å². The molecule has 1 aromatic heterocycles. The summed E-state index contributed by atoms with van der Waals surface area (Å²) in [5.41, 5.74) is 11.4. The molecule has 2 rings (SSSR count). The lowest BCUT2D eigenvalue weighted by molar-refractivity contribution is 0.749. The number of aromatic nitrogens is 2. The Balaban J connectivity index is 2.49. The van der Waals surface area contributed by atoms with Crippen LogP contribution < -0.4 is 5.73 Å². The fourth-order valence-corrected chi connectivity index (χ4v) is 1.80. The molecule has 16 heavy (non-hydrogen) atoms. The van der Waals surface area contributed by atoms with Gasteiger partial charge in [0.15, 0.2) is 0 Å². The van der Waals surface area contributed by atoms with Gasteiger partial charge in [-0.1, -0.05) is 12.1 Å². The maximum Gasteiger partial charge on any atom is 0.0766 e. The van der Waals surface area contributed by atoms with Crippen molar-refractivity contribution in [3.05, 3.63) is 41.1 Å². The third kappa shape index (κ3) is 1.86. The van der Waals surface area contributed by atoms with E-state index in [1.165, 1.54) is 16.7 Å². The molecule has 1 heterocycles. The maximum atomic E-state index is 5.59. The lowest BCUT2D eigenvalue weighted by Gasteiger charge is -2.05. The molecule has 0 saturated heterocycles. The van der Waals surface area contributed by atoms with Crippen LogP contribution in [0.2, 0.25) is 0 Å². The average molecular weight is 215 g/mol. The first-order valence-electron chi connectivity index (χ1n) is 5.42. The van der Waals surface area contributed by atoms with Crippen molar-refractivity contribution in [2.75, 3.05) is 0 Å². The third-order valence-corrected chi connectivity index (χ3v) is 2.94. The summed E-state index contributed by atoms with van der Waals surface area (Å²) in [6, 6.07) is 8.50. The summed E-state index contributed by atoms with van der Waals surface area (Å²) in [5, 5.41) is 4.35. The molecule has 0 atom stereocenters. The minimum Gasteiger partial charge on any atom is -0.325 e. The zero-order valence-corrected chi connectivity index (χ0v) is 9.99. The van der Waals surface area contributed by atoms with Crippen LogP contribution in [0.1, 0.15) is 16.8 Å². The second kappa shape index (κ2) is 4.10. The zero-order chi connectivity index (χ0) is 11.7. The highest BCUT2D eigenvalue weighted by atomic mass is 15.3. The van der Waals surface area contributed by atoms with Crippen LogP contribution in [0.4, 0.5) is 0 Å². The number of nitrogens with two attached hydrogens (primary N) is 1. The number of hydrogen-bond donors (Lipinski definition) is 1. The highest BCUT2D eigenvalue weighted by molar-refractivity contribution is 5.61. The van der Waals surface area contributed by atoms with Crippen LogP contribution in [0.5, 0.6) is 0 Å². The lowest BCUT2D eigenvalue weighted by atomic mass is 10.0. The fourth-order valence-electron chi connectivity index (χ4n) is 1.80. The molecule has 0 spiro atoms. The van der Waals surface area contributed by atoms with E-state index >= 15 is 0 Å². The molecular formula is C13H17N3. The molecule has 0 fully saturated rings. The molecule has 2 aromatic rings. The predicted molar refractivity (Wildman–Crippen MR) is 66.0 cm³/mol. The minimum absolute atomic E-state index is 0.485. The van der Waals surface area contributed by atoms with Crippen LogP contribution in [0, 0.1) is 13.8 Å². The van der Waals surface area contributed by atoms with Gasteiger partial charge in [0.25, 0.3) is 0 Å². The van der Waals surface area contributed by atoms with Crippen molar-refractivity contribution in [2.45, 2.75) is 20.4 Å². The molecule has 0 aliphatic heterocycles. The van der Waals surface area contributed by atoms with Crippen molar-refractivity contribution < 1.29 is 0 Å². The van der Waals surface area contributed by atoms with Crippen molar-refractivity contribution >= 4 is 0 Å². The molecule has 0 unspecified atom stereocenters. The summed E-state index contributed by atoms with van der Waals surface area (Å²) in [5.74, 6) is 0. The second-order valence-electron chi connectivity index (χ2n) is 4.15. The molecule has 0 amide bonds. The monoisotopic (exact) mass is 215 g/mol. The van der Waals surface area contributed by atoms with E-state index in [2.05, 4.69) is 37.1 Å². The van der Waals surface area contributed by atoms with Gasteiger partial charge in [0.2, 0.25) is 0 Å². The predicted octanol–water partition coefficient (Wildman–Crippen LogP) is 2.16. The molecule has 0 saturated carbocycles. The molecule has 0 bridgehead atoms. The van der Waals surface area contributed by atoms with E-state index in [-0.39, 0.29) is 0 Å². The summed E-state index contributed by atoms with van der Waals surface area (Å²) >= 11 is 0. The van der Waals surface area contributed by atoms with Gasteiger partial charge in [0.1, 0.15) is 0 Å². The van der Waals surface area contributed by atoms with E-state index in [0.29, 0.717) is 6.54 Å². The topological polar surface area (TPSA) is 43.8 Å². The van der Waals surface area contributed by atoms with Gasteiger partial charge >= 0.3 is 0 Å². The summed E-state index contributed by atoms with van der Waals surface area (Å²) < 4.78 is 1.88. The Labute approximate surface area is 95.9 Å². The third-order valence-electron chi connectivity index (χ3n) is 2.94. The van der Waals surface area contributed by atoms with Crippen LogP contribution in [-0.2, 0) is 13.6 Å². The Hall–Kier alpha value is -1.61. The normalized spacial score (nSPS) is 10.8. The van der Waals surface area contributed by atoms with Crippen LogP contribution in [0.3, 0.4) is 0 Å². The van der Waals surface area contributed by atoms with Crippen molar-refractivity contribution in [3.8, 4) is 11.3 Å². The van der Waals surface area contributed by atoms with Gasteiger partial charge in [0.05, 0.1) is 11.4 Å². The average Bonchev–Trinajstić information content (AvgIpc) is 2.64. The van der Waals surface area contributed by atoms with Gasteiger partial charge in [0, 0.05) is 19.2 Å². The quantitative estimate of drug-likeness (QED) is 0.834. The summed E-state index contributed by atoms with van der Waals surface area (Å²) in [4.78, 5) is 0. The van der Waals surface area contributed by atoms with Crippen molar-refractivity contribution in [2.24, 2.45) is 12.8 Å². The van der Waals surface area contributed by atoms with Crippen molar-refractivity contribution in [1.29, 1.82) is 0 Å². The van der Waals surface area contributed by atoms with Gasteiger partial charge in [-0.05, 0) is 37.1 Å². The number of hydrogen-bond acceptors (Lipinski definition) is 2. The Morgan fingerprint density at radius 2 is 1.94 bits per heavy atom. The van der Waals surface area contributed by atoms with E-state index in [1.54, 1.807) is 0 Å². The lowest BCUT2D eigenvalue weighted by Crippen LogP contribution is -1.98. The maximum absolute atomic E-state index is 5.59. The molecule has 2 N–H and O–H groups in total. The van der Waals surface area contributed by atoms with E-state index in [1.807, 2.05) is 17.8 Å². The van der Waals surface area contributed by atoms with Crippen LogP contribution in [-0.4, -0.2) is 9.78 Å². The molecule has 3 nitrogen and oxygen atoms in total. The molecule has 0 aliphatic rings. The number of nitrogens with zero attached hydrogens (tertiary/aromatic N) is 2. The Morgan fingerprint density at radius 3 is 2.50 bits per heavy atom. The second-order valence-corrected chi connectivity index (χ2v) is 4.15. The highest BCUT2D eigenvalue weighted by Gasteiger charge is 2.06. The number of benzene rings is 1. The van der Waals surface area contributed by atoms with Gasteiger partial charge in [-0.2, -0.15) is 5.10 Å². The summed E-state index contributed by atoms with van der Waals surface area (Å²) in [6.07, 6.45) is 0. The van der Waals surface area contributed by atoms with Gasteiger partial charge < -0.3 is 5.73 Å². The van der Waals surface area contributed by atoms with Crippen LogP contribution in [0.15, 0.2) is 24.3 Å². The molecular weight excluding hydrogens is 198 g/mol. The molecule has 0 radical (unpaired) electrons. The smallest absolute Gasteiger partial charge is 0.0766 e. The van der Waals surface area contributed by atoms with Gasteiger partial charge in [-0.15, -0.1) is 0 Å². The first kappa shape index (κ1) is 10.9. The van der Waals surface area contributed by atoms with Gasteiger partial charge in [-0.3, -0.25) is 4.68 Å². The Bertz CT molecular complexity index is 512. The SMILES string of the molecule is Cc1ccc(-c2cc(CN)nn2C)cc1C. The van der Waals surface area contributed by atoms with Crippen molar-refractivity contribution in [1.82, 2.24) is 9.78 Å². The summed E-state index contributed by atoms with van der Waals surface area (Å²) in [6.45, 7) is 4.73. The van der Waals surface area contributed by atoms with Crippen LogP contribution in [0.25, 0.3) is 11.3 Å². The van der Waals surface area contributed by atoms with E-state index < -0.39 is 0 Å². The highest BCUT2D eigenvalue weighted by Crippen LogP contribution is 2.22. The largest absolute Gasteiger partial charge is 0.325 e.